The number of carbonyl (C=O) groups excluding carboxylic acids is 1. The van der Waals surface area contributed by atoms with Gasteiger partial charge in [-0.05, 0) is 18.1 Å². The number of carbonyl (C=O) groups is 1. The SMILES string of the molecule is O=C(CCc1cccnc1)Oc1c(F)c(F)cc(F)c1F. The molecule has 0 saturated carbocycles. The molecule has 0 saturated heterocycles. The summed E-state index contributed by atoms with van der Waals surface area (Å²) < 4.78 is 56.8. The number of hydrogen-bond donors (Lipinski definition) is 0. The van der Waals surface area contributed by atoms with E-state index in [1.807, 2.05) is 0 Å². The highest BCUT2D eigenvalue weighted by molar-refractivity contribution is 5.72. The second-order valence-electron chi connectivity index (χ2n) is 4.13. The first-order chi connectivity index (χ1) is 9.99. The summed E-state index contributed by atoms with van der Waals surface area (Å²) in [6, 6.07) is 3.39. The summed E-state index contributed by atoms with van der Waals surface area (Å²) in [6.45, 7) is 0. The van der Waals surface area contributed by atoms with Gasteiger partial charge in [0.1, 0.15) is 0 Å². The van der Waals surface area contributed by atoms with Crippen molar-refractivity contribution >= 4 is 5.97 Å². The zero-order valence-electron chi connectivity index (χ0n) is 10.6. The fraction of sp³-hybridized carbons (Fsp3) is 0.143. The molecule has 3 nitrogen and oxygen atoms in total. The van der Waals surface area contributed by atoms with Crippen molar-refractivity contribution in [2.45, 2.75) is 12.8 Å². The summed E-state index contributed by atoms with van der Waals surface area (Å²) >= 11 is 0. The van der Waals surface area contributed by atoms with Crippen LogP contribution < -0.4 is 4.74 Å². The van der Waals surface area contributed by atoms with Gasteiger partial charge in [0.15, 0.2) is 11.6 Å². The van der Waals surface area contributed by atoms with Gasteiger partial charge in [-0.25, -0.2) is 8.78 Å². The number of benzene rings is 1. The predicted molar refractivity (Wildman–Crippen MR) is 64.5 cm³/mol. The highest BCUT2D eigenvalue weighted by Crippen LogP contribution is 2.26. The molecule has 110 valence electrons. The summed E-state index contributed by atoms with van der Waals surface area (Å²) in [5.41, 5.74) is 0.709. The van der Waals surface area contributed by atoms with Crippen molar-refractivity contribution in [2.75, 3.05) is 0 Å². The molecule has 0 radical (unpaired) electrons. The Morgan fingerprint density at radius 3 is 2.38 bits per heavy atom. The maximum absolute atomic E-state index is 13.3. The molecule has 1 aromatic carbocycles. The summed E-state index contributed by atoms with van der Waals surface area (Å²) in [4.78, 5) is 15.3. The highest BCUT2D eigenvalue weighted by atomic mass is 19.2. The molecule has 2 aromatic rings. The van der Waals surface area contributed by atoms with Crippen LogP contribution in [0, 0.1) is 23.3 Å². The average Bonchev–Trinajstić information content (AvgIpc) is 2.48. The van der Waals surface area contributed by atoms with Crippen molar-refractivity contribution in [3.8, 4) is 5.75 Å². The lowest BCUT2D eigenvalue weighted by Crippen LogP contribution is -2.12. The minimum Gasteiger partial charge on any atom is -0.420 e. The van der Waals surface area contributed by atoms with E-state index in [4.69, 9.17) is 0 Å². The van der Waals surface area contributed by atoms with E-state index in [0.29, 0.717) is 5.56 Å². The number of aromatic nitrogens is 1. The smallest absolute Gasteiger partial charge is 0.311 e. The van der Waals surface area contributed by atoms with Crippen LogP contribution in [0.4, 0.5) is 17.6 Å². The molecular weight excluding hydrogens is 290 g/mol. The molecule has 0 spiro atoms. The fourth-order valence-electron chi connectivity index (χ4n) is 1.60. The maximum atomic E-state index is 13.3. The maximum Gasteiger partial charge on any atom is 0.311 e. The van der Waals surface area contributed by atoms with E-state index in [1.54, 1.807) is 18.3 Å². The van der Waals surface area contributed by atoms with Crippen LogP contribution in [-0.4, -0.2) is 11.0 Å². The van der Waals surface area contributed by atoms with E-state index in [0.717, 1.165) is 0 Å². The van der Waals surface area contributed by atoms with Gasteiger partial charge in [0.25, 0.3) is 0 Å². The quantitative estimate of drug-likeness (QED) is 0.377. The lowest BCUT2D eigenvalue weighted by atomic mass is 10.1. The van der Waals surface area contributed by atoms with E-state index in [9.17, 15) is 22.4 Å². The second kappa shape index (κ2) is 6.34. The number of hydrogen-bond acceptors (Lipinski definition) is 3. The van der Waals surface area contributed by atoms with Crippen LogP contribution in [0.15, 0.2) is 30.6 Å². The summed E-state index contributed by atoms with van der Waals surface area (Å²) in [5.74, 6) is -9.15. The van der Waals surface area contributed by atoms with Gasteiger partial charge in [0, 0.05) is 18.5 Å². The van der Waals surface area contributed by atoms with Gasteiger partial charge in [-0.3, -0.25) is 9.78 Å². The topological polar surface area (TPSA) is 39.2 Å². The van der Waals surface area contributed by atoms with Crippen LogP contribution >= 0.6 is 0 Å². The average molecular weight is 299 g/mol. The van der Waals surface area contributed by atoms with Crippen molar-refractivity contribution in [1.82, 2.24) is 4.98 Å². The molecule has 0 amide bonds. The summed E-state index contributed by atoms with van der Waals surface area (Å²) in [7, 11) is 0. The van der Waals surface area contributed by atoms with E-state index in [2.05, 4.69) is 9.72 Å². The molecule has 0 unspecified atom stereocenters. The zero-order chi connectivity index (χ0) is 15.4. The second-order valence-corrected chi connectivity index (χ2v) is 4.13. The van der Waals surface area contributed by atoms with E-state index in [1.165, 1.54) is 6.20 Å². The van der Waals surface area contributed by atoms with Crippen LogP contribution in [0.3, 0.4) is 0 Å². The Morgan fingerprint density at radius 1 is 1.14 bits per heavy atom. The van der Waals surface area contributed by atoms with Gasteiger partial charge < -0.3 is 4.74 Å². The number of ether oxygens (including phenoxy) is 1. The third-order valence-electron chi connectivity index (χ3n) is 2.63. The van der Waals surface area contributed by atoms with Crippen LogP contribution in [0.1, 0.15) is 12.0 Å². The molecule has 7 heteroatoms. The molecule has 2 rings (SSSR count). The van der Waals surface area contributed by atoms with Crippen LogP contribution in [-0.2, 0) is 11.2 Å². The Kier molecular flexibility index (Phi) is 4.52. The van der Waals surface area contributed by atoms with Gasteiger partial charge >= 0.3 is 5.97 Å². The Balaban J connectivity index is 2.07. The third-order valence-corrected chi connectivity index (χ3v) is 2.63. The predicted octanol–water partition coefficient (Wildman–Crippen LogP) is 3.18. The Hall–Kier alpha value is -2.44. The van der Waals surface area contributed by atoms with Gasteiger partial charge in [-0.2, -0.15) is 8.78 Å². The monoisotopic (exact) mass is 299 g/mol. The van der Waals surface area contributed by atoms with Crippen molar-refractivity contribution in [2.24, 2.45) is 0 Å². The minimum absolute atomic E-state index is 0.0393. The first-order valence-corrected chi connectivity index (χ1v) is 5.91. The van der Waals surface area contributed by atoms with Crippen LogP contribution in [0.5, 0.6) is 5.75 Å². The minimum atomic E-state index is -1.75. The van der Waals surface area contributed by atoms with Crippen molar-refractivity contribution < 1.29 is 27.1 Å². The van der Waals surface area contributed by atoms with Crippen molar-refractivity contribution in [3.63, 3.8) is 0 Å². The van der Waals surface area contributed by atoms with Crippen LogP contribution in [0.25, 0.3) is 0 Å². The molecule has 0 N–H and O–H groups in total. The first kappa shape index (κ1) is 15.0. The Labute approximate surface area is 117 Å². The standard InChI is InChI=1S/C14H9F4NO2/c15-9-6-10(16)13(18)14(12(9)17)21-11(20)4-3-8-2-1-5-19-7-8/h1-2,5-7H,3-4H2. The molecule has 0 fully saturated rings. The largest absolute Gasteiger partial charge is 0.420 e. The van der Waals surface area contributed by atoms with E-state index >= 15 is 0 Å². The number of aryl methyl sites for hydroxylation is 1. The zero-order valence-corrected chi connectivity index (χ0v) is 10.6. The molecule has 0 bridgehead atoms. The van der Waals surface area contributed by atoms with Crippen LogP contribution in [0.2, 0.25) is 0 Å². The van der Waals surface area contributed by atoms with Gasteiger partial charge in [-0.1, -0.05) is 6.07 Å². The third kappa shape index (κ3) is 3.56. The summed E-state index contributed by atoms with van der Waals surface area (Å²) in [6.07, 6.45) is 3.05. The molecular formula is C14H9F4NO2. The molecule has 0 atom stereocenters. The number of rotatable bonds is 4. The molecule has 0 aliphatic carbocycles. The number of esters is 1. The molecule has 0 aliphatic rings. The Morgan fingerprint density at radius 2 is 1.81 bits per heavy atom. The van der Waals surface area contributed by atoms with E-state index in [-0.39, 0.29) is 18.9 Å². The van der Waals surface area contributed by atoms with Crippen molar-refractivity contribution in [3.05, 3.63) is 59.4 Å². The van der Waals surface area contributed by atoms with Gasteiger partial charge in [0.2, 0.25) is 17.4 Å². The van der Waals surface area contributed by atoms with Gasteiger partial charge in [0.05, 0.1) is 6.42 Å². The number of pyridine rings is 1. The molecule has 1 heterocycles. The normalized spacial score (nSPS) is 10.5. The summed E-state index contributed by atoms with van der Waals surface area (Å²) in [5, 5.41) is 0. The lowest BCUT2D eigenvalue weighted by Gasteiger charge is -2.07. The molecule has 21 heavy (non-hydrogen) atoms. The molecule has 0 aliphatic heterocycles. The van der Waals surface area contributed by atoms with Crippen molar-refractivity contribution in [1.29, 1.82) is 0 Å². The molecule has 1 aromatic heterocycles. The Bertz CT molecular complexity index is 636. The fourth-order valence-corrected chi connectivity index (χ4v) is 1.60. The number of halogens is 4. The van der Waals surface area contributed by atoms with E-state index < -0.39 is 35.0 Å². The number of nitrogens with zero attached hydrogens (tertiary/aromatic N) is 1. The highest BCUT2D eigenvalue weighted by Gasteiger charge is 2.22. The first-order valence-electron chi connectivity index (χ1n) is 5.91. The lowest BCUT2D eigenvalue weighted by molar-refractivity contribution is -0.134. The van der Waals surface area contributed by atoms with Gasteiger partial charge in [-0.15, -0.1) is 0 Å².